The molecule has 1 unspecified atom stereocenters. The second-order valence-electron chi connectivity index (χ2n) is 8.90. The molecular formula is C29H25F2N3O5S. The van der Waals surface area contributed by atoms with Gasteiger partial charge in [-0.3, -0.25) is 9.59 Å². The minimum Gasteiger partial charge on any atom is -0.481 e. The largest absolute Gasteiger partial charge is 0.481 e. The highest BCUT2D eigenvalue weighted by atomic mass is 32.2. The number of hydrogen-bond acceptors (Lipinski definition) is 7. The van der Waals surface area contributed by atoms with Crippen LogP contribution in [0.2, 0.25) is 0 Å². The summed E-state index contributed by atoms with van der Waals surface area (Å²) in [5.74, 6) is -4.47. The summed E-state index contributed by atoms with van der Waals surface area (Å²) >= 11 is 0.958. The van der Waals surface area contributed by atoms with E-state index in [1.54, 1.807) is 12.1 Å². The van der Waals surface area contributed by atoms with E-state index >= 15 is 4.39 Å². The van der Waals surface area contributed by atoms with Crippen LogP contribution in [-0.4, -0.2) is 35.2 Å². The van der Waals surface area contributed by atoms with Gasteiger partial charge in [0, 0.05) is 16.8 Å². The molecule has 11 heteroatoms. The number of esters is 1. The number of anilines is 1. The molecule has 1 aliphatic rings. The van der Waals surface area contributed by atoms with Crippen LogP contribution in [0.1, 0.15) is 47.2 Å². The van der Waals surface area contributed by atoms with Crippen molar-refractivity contribution in [3.05, 3.63) is 87.8 Å². The summed E-state index contributed by atoms with van der Waals surface area (Å²) in [7, 11) is 1.24. The summed E-state index contributed by atoms with van der Waals surface area (Å²) in [6.45, 7) is 1.82. The van der Waals surface area contributed by atoms with E-state index in [0.29, 0.717) is 24.0 Å². The molecule has 1 heterocycles. The van der Waals surface area contributed by atoms with E-state index in [2.05, 4.69) is 10.3 Å². The average molecular weight is 566 g/mol. The number of nitrogens with one attached hydrogen (secondary N) is 1. The van der Waals surface area contributed by atoms with Crippen molar-refractivity contribution in [2.24, 2.45) is 4.99 Å². The van der Waals surface area contributed by atoms with Crippen molar-refractivity contribution >= 4 is 52.2 Å². The molecule has 8 nitrogen and oxygen atoms in total. The Morgan fingerprint density at radius 2 is 1.82 bits per heavy atom. The van der Waals surface area contributed by atoms with Gasteiger partial charge in [-0.1, -0.05) is 37.6 Å². The normalized spacial score (nSPS) is 15.8. The summed E-state index contributed by atoms with van der Waals surface area (Å²) < 4.78 is 34.4. The minimum atomic E-state index is -1.10. The maximum Gasteiger partial charge on any atom is 0.339 e. The topological polar surface area (TPSA) is 131 Å². The Morgan fingerprint density at radius 1 is 1.10 bits per heavy atom. The van der Waals surface area contributed by atoms with E-state index in [-0.39, 0.29) is 38.1 Å². The van der Waals surface area contributed by atoms with Crippen LogP contribution < -0.4 is 11.1 Å². The van der Waals surface area contributed by atoms with Gasteiger partial charge in [-0.2, -0.15) is 0 Å². The molecule has 0 aliphatic carbocycles. The number of aliphatic carboxylic acids is 1. The number of carbonyl (C=O) groups is 3. The van der Waals surface area contributed by atoms with Crippen LogP contribution in [0.15, 0.2) is 64.5 Å². The number of nitrogens with zero attached hydrogens (tertiary/aromatic N) is 1. The molecule has 1 atom stereocenters. The van der Waals surface area contributed by atoms with Crippen molar-refractivity contribution in [3.63, 3.8) is 0 Å². The number of thioether (sulfide) groups is 1. The lowest BCUT2D eigenvalue weighted by Crippen LogP contribution is -2.19. The Morgan fingerprint density at radius 3 is 2.48 bits per heavy atom. The van der Waals surface area contributed by atoms with Gasteiger partial charge in [0.1, 0.15) is 11.6 Å². The molecule has 0 saturated carbocycles. The van der Waals surface area contributed by atoms with Crippen molar-refractivity contribution in [1.82, 2.24) is 5.32 Å². The van der Waals surface area contributed by atoms with Gasteiger partial charge in [-0.05, 0) is 65.7 Å². The molecule has 4 rings (SSSR count). The second kappa shape index (κ2) is 12.1. The van der Waals surface area contributed by atoms with Gasteiger partial charge in [-0.15, -0.1) is 0 Å². The highest BCUT2D eigenvalue weighted by molar-refractivity contribution is 8.18. The zero-order valence-electron chi connectivity index (χ0n) is 21.5. The molecule has 1 fully saturated rings. The van der Waals surface area contributed by atoms with Gasteiger partial charge >= 0.3 is 11.9 Å². The summed E-state index contributed by atoms with van der Waals surface area (Å²) in [4.78, 5) is 40.4. The number of rotatable bonds is 8. The first-order valence-electron chi connectivity index (χ1n) is 12.2. The Kier molecular flexibility index (Phi) is 8.64. The van der Waals surface area contributed by atoms with Crippen LogP contribution in [0.25, 0.3) is 17.2 Å². The number of amides is 1. The van der Waals surface area contributed by atoms with Crippen LogP contribution in [-0.2, 0) is 14.3 Å². The standard InChI is InChI=1S/C29H25F2N3O5S/c1-3-4-20(27(36)37)19-9-8-18(14-23(19)31)33-29-34-26(35)25(40-29)13-17-6-5-16(12-22(17)30)15-7-10-24(32)21(11-15)28(38)39-2/h5-14,20H,3-4,32H2,1-2H3,(H,36,37)(H,33,34,35)/b25-13-. The number of carboxylic acids is 1. The third-order valence-corrected chi connectivity index (χ3v) is 7.11. The summed E-state index contributed by atoms with van der Waals surface area (Å²) in [6, 6.07) is 13.1. The number of nitrogen functional groups attached to an aromatic ring is 1. The number of aliphatic imine (C=N–C) groups is 1. The number of halogens is 2. The number of amidine groups is 1. The Labute approximate surface area is 232 Å². The van der Waals surface area contributed by atoms with E-state index in [1.807, 2.05) is 6.92 Å². The van der Waals surface area contributed by atoms with Gasteiger partial charge in [0.2, 0.25) is 0 Å². The molecule has 0 radical (unpaired) electrons. The first-order valence-corrected chi connectivity index (χ1v) is 13.0. The maximum absolute atomic E-state index is 15.0. The van der Waals surface area contributed by atoms with Crippen molar-refractivity contribution in [2.75, 3.05) is 12.8 Å². The minimum absolute atomic E-state index is 0.0707. The Balaban J connectivity index is 1.54. The molecule has 1 amide bonds. The van der Waals surface area contributed by atoms with E-state index in [0.717, 1.165) is 17.8 Å². The predicted octanol–water partition coefficient (Wildman–Crippen LogP) is 5.86. The molecule has 3 aromatic carbocycles. The summed E-state index contributed by atoms with van der Waals surface area (Å²) in [6.07, 6.45) is 2.25. The second-order valence-corrected chi connectivity index (χ2v) is 9.93. The molecular weight excluding hydrogens is 540 g/mol. The molecule has 0 spiro atoms. The van der Waals surface area contributed by atoms with Gasteiger partial charge in [-0.25, -0.2) is 18.6 Å². The van der Waals surface area contributed by atoms with Crippen LogP contribution in [0.5, 0.6) is 0 Å². The first-order chi connectivity index (χ1) is 19.1. The van der Waals surface area contributed by atoms with Gasteiger partial charge < -0.3 is 20.9 Å². The summed E-state index contributed by atoms with van der Waals surface area (Å²) in [5.41, 5.74) is 7.69. The number of ether oxygens (including phenoxy) is 1. The zero-order valence-corrected chi connectivity index (χ0v) is 22.4. The SMILES string of the molecule is CCCC(C(=O)O)c1ccc(N=C2NC(=O)/C(=C/c3ccc(-c4ccc(N)c(C(=O)OC)c4)cc3F)S2)cc1F. The zero-order chi connectivity index (χ0) is 29.0. The van der Waals surface area contributed by atoms with Crippen LogP contribution in [0, 0.1) is 11.6 Å². The number of nitrogens with two attached hydrogens (primary N) is 1. The number of benzene rings is 3. The Bertz CT molecular complexity index is 1570. The molecule has 0 bridgehead atoms. The number of carbonyl (C=O) groups excluding carboxylic acids is 2. The van der Waals surface area contributed by atoms with E-state index in [4.69, 9.17) is 10.5 Å². The van der Waals surface area contributed by atoms with Crippen molar-refractivity contribution in [1.29, 1.82) is 0 Å². The van der Waals surface area contributed by atoms with Crippen LogP contribution in [0.3, 0.4) is 0 Å². The van der Waals surface area contributed by atoms with E-state index in [1.165, 1.54) is 49.6 Å². The van der Waals surface area contributed by atoms with Gasteiger partial charge in [0.05, 0.1) is 29.2 Å². The molecule has 4 N–H and O–H groups in total. The number of hydrogen-bond donors (Lipinski definition) is 3. The fourth-order valence-corrected chi connectivity index (χ4v) is 4.99. The average Bonchev–Trinajstić information content (AvgIpc) is 3.26. The lowest BCUT2D eigenvalue weighted by atomic mass is 9.94. The molecule has 3 aromatic rings. The maximum atomic E-state index is 15.0. The smallest absolute Gasteiger partial charge is 0.339 e. The van der Waals surface area contributed by atoms with Crippen LogP contribution in [0.4, 0.5) is 20.2 Å². The van der Waals surface area contributed by atoms with Crippen molar-refractivity contribution in [2.45, 2.75) is 25.7 Å². The monoisotopic (exact) mass is 565 g/mol. The Hall–Kier alpha value is -4.51. The molecule has 206 valence electrons. The molecule has 1 saturated heterocycles. The molecule has 0 aromatic heterocycles. The van der Waals surface area contributed by atoms with Crippen LogP contribution >= 0.6 is 11.8 Å². The molecule has 40 heavy (non-hydrogen) atoms. The fraction of sp³-hybridized carbons (Fsp3) is 0.172. The van der Waals surface area contributed by atoms with Gasteiger partial charge in [0.25, 0.3) is 5.91 Å². The van der Waals surface area contributed by atoms with E-state index < -0.39 is 35.4 Å². The highest BCUT2D eigenvalue weighted by Gasteiger charge is 2.26. The van der Waals surface area contributed by atoms with E-state index in [9.17, 15) is 23.9 Å². The number of carboxylic acid groups (broad SMARTS) is 1. The highest BCUT2D eigenvalue weighted by Crippen LogP contribution is 2.32. The third kappa shape index (κ3) is 6.20. The lowest BCUT2D eigenvalue weighted by molar-refractivity contribution is -0.139. The first kappa shape index (κ1) is 28.5. The quantitative estimate of drug-likeness (QED) is 0.177. The number of methoxy groups -OCH3 is 1. The van der Waals surface area contributed by atoms with Gasteiger partial charge in [0.15, 0.2) is 5.17 Å². The predicted molar refractivity (Wildman–Crippen MR) is 150 cm³/mol. The van der Waals surface area contributed by atoms with Crippen molar-refractivity contribution < 1.29 is 33.0 Å². The van der Waals surface area contributed by atoms with Crippen molar-refractivity contribution in [3.8, 4) is 11.1 Å². The fourth-order valence-electron chi connectivity index (χ4n) is 4.15. The molecule has 1 aliphatic heterocycles. The lowest BCUT2D eigenvalue weighted by Gasteiger charge is -2.12. The third-order valence-electron chi connectivity index (χ3n) is 6.20. The summed E-state index contributed by atoms with van der Waals surface area (Å²) in [5, 5.41) is 12.1.